The molecule has 2 rings (SSSR count). The Morgan fingerprint density at radius 3 is 3.07 bits per heavy atom. The van der Waals surface area contributed by atoms with E-state index in [0.717, 1.165) is 23.7 Å². The fraction of sp³-hybridized carbons (Fsp3) is 0.300. The molecule has 2 heterocycles. The van der Waals surface area contributed by atoms with Crippen LogP contribution in [0.15, 0.2) is 28.9 Å². The highest BCUT2D eigenvalue weighted by molar-refractivity contribution is 5.52. The van der Waals surface area contributed by atoms with Crippen molar-refractivity contribution in [3.05, 3.63) is 30.2 Å². The van der Waals surface area contributed by atoms with E-state index in [1.807, 2.05) is 37.0 Å². The molecule has 0 unspecified atom stereocenters. The Morgan fingerprint density at radius 2 is 2.43 bits per heavy atom. The summed E-state index contributed by atoms with van der Waals surface area (Å²) in [7, 11) is 3.82. The van der Waals surface area contributed by atoms with E-state index in [1.165, 1.54) is 0 Å². The van der Waals surface area contributed by atoms with Gasteiger partial charge in [0.1, 0.15) is 5.69 Å². The largest absolute Gasteiger partial charge is 0.463 e. The molecule has 0 amide bonds. The number of hydrogen-bond acceptors (Lipinski definition) is 3. The van der Waals surface area contributed by atoms with Crippen LogP contribution in [0.5, 0.6) is 0 Å². The molecule has 1 N–H and O–H groups in total. The quantitative estimate of drug-likeness (QED) is 0.797. The van der Waals surface area contributed by atoms with Crippen molar-refractivity contribution in [1.82, 2.24) is 15.1 Å². The summed E-state index contributed by atoms with van der Waals surface area (Å²) >= 11 is 0. The molecular formula is C10H13N3O. The highest BCUT2D eigenvalue weighted by atomic mass is 16.3. The Labute approximate surface area is 82.5 Å². The monoisotopic (exact) mass is 191 g/mol. The van der Waals surface area contributed by atoms with Gasteiger partial charge in [-0.2, -0.15) is 5.10 Å². The third-order valence-corrected chi connectivity index (χ3v) is 2.06. The zero-order chi connectivity index (χ0) is 9.97. The molecular weight excluding hydrogens is 178 g/mol. The van der Waals surface area contributed by atoms with E-state index < -0.39 is 0 Å². The normalized spacial score (nSPS) is 10.7. The molecule has 14 heavy (non-hydrogen) atoms. The second-order valence-electron chi connectivity index (χ2n) is 3.15. The fourth-order valence-electron chi connectivity index (χ4n) is 1.45. The van der Waals surface area contributed by atoms with Gasteiger partial charge in [0, 0.05) is 13.6 Å². The minimum absolute atomic E-state index is 0.772. The lowest BCUT2D eigenvalue weighted by atomic mass is 10.3. The van der Waals surface area contributed by atoms with Crippen molar-refractivity contribution in [3.63, 3.8) is 0 Å². The van der Waals surface area contributed by atoms with Gasteiger partial charge < -0.3 is 9.73 Å². The van der Waals surface area contributed by atoms with Crippen molar-refractivity contribution in [1.29, 1.82) is 0 Å². The van der Waals surface area contributed by atoms with Crippen molar-refractivity contribution < 1.29 is 4.42 Å². The first-order chi connectivity index (χ1) is 6.81. The van der Waals surface area contributed by atoms with Gasteiger partial charge in [0.25, 0.3) is 0 Å². The molecule has 0 spiro atoms. The molecule has 0 bridgehead atoms. The molecule has 74 valence electrons. The SMILES string of the molecule is CNCc1cc(-c2ccco2)n(C)n1. The fourth-order valence-corrected chi connectivity index (χ4v) is 1.45. The Kier molecular flexibility index (Phi) is 2.37. The summed E-state index contributed by atoms with van der Waals surface area (Å²) < 4.78 is 7.14. The molecule has 0 fully saturated rings. The van der Waals surface area contributed by atoms with E-state index in [2.05, 4.69) is 10.4 Å². The summed E-state index contributed by atoms with van der Waals surface area (Å²) in [6.07, 6.45) is 1.67. The van der Waals surface area contributed by atoms with E-state index in [1.54, 1.807) is 6.26 Å². The van der Waals surface area contributed by atoms with Gasteiger partial charge in [-0.3, -0.25) is 4.68 Å². The Hall–Kier alpha value is -1.55. The third-order valence-electron chi connectivity index (χ3n) is 2.06. The van der Waals surface area contributed by atoms with Crippen LogP contribution in [0.4, 0.5) is 0 Å². The van der Waals surface area contributed by atoms with Crippen LogP contribution in [0.1, 0.15) is 5.69 Å². The molecule has 0 aliphatic carbocycles. The summed E-state index contributed by atoms with van der Waals surface area (Å²) in [5.74, 6) is 0.849. The zero-order valence-electron chi connectivity index (χ0n) is 8.32. The maximum absolute atomic E-state index is 5.31. The highest BCUT2D eigenvalue weighted by Gasteiger charge is 2.08. The van der Waals surface area contributed by atoms with Gasteiger partial charge in [-0.05, 0) is 25.2 Å². The lowest BCUT2D eigenvalue weighted by Crippen LogP contribution is -2.05. The molecule has 0 saturated heterocycles. The number of hydrogen-bond donors (Lipinski definition) is 1. The summed E-state index contributed by atoms with van der Waals surface area (Å²) in [4.78, 5) is 0. The topological polar surface area (TPSA) is 43.0 Å². The highest BCUT2D eigenvalue weighted by Crippen LogP contribution is 2.19. The first kappa shape index (κ1) is 9.02. The van der Waals surface area contributed by atoms with Crippen LogP contribution in [0.25, 0.3) is 11.5 Å². The maximum Gasteiger partial charge on any atom is 0.151 e. The summed E-state index contributed by atoms with van der Waals surface area (Å²) in [5.41, 5.74) is 2.02. The van der Waals surface area contributed by atoms with E-state index in [0.29, 0.717) is 0 Å². The van der Waals surface area contributed by atoms with E-state index in [9.17, 15) is 0 Å². The molecule has 0 aliphatic rings. The van der Waals surface area contributed by atoms with Crippen LogP contribution < -0.4 is 5.32 Å². The smallest absolute Gasteiger partial charge is 0.151 e. The molecule has 0 atom stereocenters. The number of nitrogens with one attached hydrogen (secondary N) is 1. The summed E-state index contributed by atoms with van der Waals surface area (Å²) in [6, 6.07) is 5.83. The second-order valence-corrected chi connectivity index (χ2v) is 3.15. The molecule has 0 saturated carbocycles. The first-order valence-electron chi connectivity index (χ1n) is 4.52. The number of aromatic nitrogens is 2. The van der Waals surface area contributed by atoms with Crippen LogP contribution in [0.2, 0.25) is 0 Å². The average Bonchev–Trinajstić information content (AvgIpc) is 2.74. The van der Waals surface area contributed by atoms with Crippen molar-refractivity contribution in [3.8, 4) is 11.5 Å². The maximum atomic E-state index is 5.31. The standard InChI is InChI=1S/C10H13N3O/c1-11-7-8-6-9(13(2)12-8)10-4-3-5-14-10/h3-6,11H,7H2,1-2H3. The molecule has 0 aliphatic heterocycles. The number of nitrogens with zero attached hydrogens (tertiary/aromatic N) is 2. The molecule has 4 nitrogen and oxygen atoms in total. The Morgan fingerprint density at radius 1 is 1.57 bits per heavy atom. The number of aryl methyl sites for hydroxylation is 1. The first-order valence-corrected chi connectivity index (χ1v) is 4.52. The van der Waals surface area contributed by atoms with Crippen molar-refractivity contribution in [2.75, 3.05) is 7.05 Å². The molecule has 0 aromatic carbocycles. The van der Waals surface area contributed by atoms with Crippen molar-refractivity contribution >= 4 is 0 Å². The van der Waals surface area contributed by atoms with Gasteiger partial charge in [0.15, 0.2) is 5.76 Å². The number of furan rings is 1. The Bertz CT molecular complexity index is 403. The van der Waals surface area contributed by atoms with E-state index >= 15 is 0 Å². The van der Waals surface area contributed by atoms with Gasteiger partial charge in [0.05, 0.1) is 12.0 Å². The van der Waals surface area contributed by atoms with Gasteiger partial charge in [-0.25, -0.2) is 0 Å². The van der Waals surface area contributed by atoms with Crippen molar-refractivity contribution in [2.45, 2.75) is 6.54 Å². The summed E-state index contributed by atoms with van der Waals surface area (Å²) in [5, 5.41) is 7.41. The molecule has 0 radical (unpaired) electrons. The minimum Gasteiger partial charge on any atom is -0.463 e. The third kappa shape index (κ3) is 1.56. The van der Waals surface area contributed by atoms with Crippen LogP contribution in [-0.4, -0.2) is 16.8 Å². The van der Waals surface area contributed by atoms with Gasteiger partial charge in [0.2, 0.25) is 0 Å². The van der Waals surface area contributed by atoms with E-state index in [-0.39, 0.29) is 0 Å². The zero-order valence-corrected chi connectivity index (χ0v) is 8.32. The lowest BCUT2D eigenvalue weighted by molar-refractivity contribution is 0.573. The summed E-state index contributed by atoms with van der Waals surface area (Å²) in [6.45, 7) is 0.772. The molecule has 2 aromatic rings. The lowest BCUT2D eigenvalue weighted by Gasteiger charge is -1.94. The van der Waals surface area contributed by atoms with Crippen LogP contribution in [0, 0.1) is 0 Å². The predicted octanol–water partition coefficient (Wildman–Crippen LogP) is 1.40. The predicted molar refractivity (Wildman–Crippen MR) is 53.7 cm³/mol. The van der Waals surface area contributed by atoms with Gasteiger partial charge in [-0.1, -0.05) is 0 Å². The van der Waals surface area contributed by atoms with E-state index in [4.69, 9.17) is 4.42 Å². The Balaban J connectivity index is 2.35. The molecule has 2 aromatic heterocycles. The van der Waals surface area contributed by atoms with Gasteiger partial charge >= 0.3 is 0 Å². The van der Waals surface area contributed by atoms with Crippen LogP contribution >= 0.6 is 0 Å². The average molecular weight is 191 g/mol. The number of rotatable bonds is 3. The van der Waals surface area contributed by atoms with Crippen molar-refractivity contribution in [2.24, 2.45) is 7.05 Å². The van der Waals surface area contributed by atoms with Crippen LogP contribution in [0.3, 0.4) is 0 Å². The minimum atomic E-state index is 0.772. The second kappa shape index (κ2) is 3.67. The molecule has 4 heteroatoms. The van der Waals surface area contributed by atoms with Gasteiger partial charge in [-0.15, -0.1) is 0 Å². The van der Waals surface area contributed by atoms with Crippen LogP contribution in [-0.2, 0) is 13.6 Å².